The first-order chi connectivity index (χ1) is 8.46. The van der Waals surface area contributed by atoms with Crippen molar-refractivity contribution in [2.24, 2.45) is 5.41 Å². The fourth-order valence-corrected chi connectivity index (χ4v) is 3.02. The van der Waals surface area contributed by atoms with Crippen molar-refractivity contribution in [2.45, 2.75) is 57.4 Å². The van der Waals surface area contributed by atoms with Gasteiger partial charge in [-0.3, -0.25) is 10.1 Å². The second kappa shape index (κ2) is 6.35. The lowest BCUT2D eigenvalue weighted by Crippen LogP contribution is -2.47. The highest BCUT2D eigenvalue weighted by atomic mass is 35.5. The molecule has 0 radical (unpaired) electrons. The van der Waals surface area contributed by atoms with E-state index in [0.717, 1.165) is 25.7 Å². The molecule has 2 aliphatic rings. The average Bonchev–Trinajstić information content (AvgIpc) is 2.62. The van der Waals surface area contributed by atoms with E-state index in [-0.39, 0.29) is 36.7 Å². The van der Waals surface area contributed by atoms with E-state index in [4.69, 9.17) is 0 Å². The van der Waals surface area contributed by atoms with Gasteiger partial charge < -0.3 is 5.32 Å². The molecular weight excluding hydrogens is 274 g/mol. The molecule has 0 aromatic rings. The van der Waals surface area contributed by atoms with Gasteiger partial charge in [0.15, 0.2) is 0 Å². The number of rotatable bonds is 5. The molecule has 6 heteroatoms. The lowest BCUT2D eigenvalue weighted by Gasteiger charge is -2.42. The fraction of sp³-hybridized carbons (Fsp3) is 0.923. The molecule has 1 unspecified atom stereocenters. The molecule has 1 aliphatic carbocycles. The molecule has 112 valence electrons. The molecule has 0 bridgehead atoms. The predicted octanol–water partition coefficient (Wildman–Crippen LogP) is 2.49. The summed E-state index contributed by atoms with van der Waals surface area (Å²) in [6.45, 7) is 2.40. The molecule has 0 spiro atoms. The van der Waals surface area contributed by atoms with Crippen LogP contribution in [0.5, 0.6) is 0 Å². The van der Waals surface area contributed by atoms with Gasteiger partial charge in [-0.15, -0.1) is 12.4 Å². The van der Waals surface area contributed by atoms with E-state index in [1.54, 1.807) is 0 Å². The molecule has 1 saturated heterocycles. The van der Waals surface area contributed by atoms with Crippen molar-refractivity contribution in [3.05, 3.63) is 0 Å². The molecule has 2 rings (SSSR count). The summed E-state index contributed by atoms with van der Waals surface area (Å²) in [5.74, 6) is -3.01. The van der Waals surface area contributed by atoms with E-state index < -0.39 is 12.0 Å². The van der Waals surface area contributed by atoms with Gasteiger partial charge in [0.05, 0.1) is 12.6 Å². The fourth-order valence-electron chi connectivity index (χ4n) is 3.02. The van der Waals surface area contributed by atoms with Gasteiger partial charge >= 0.3 is 0 Å². The maximum atomic E-state index is 13.0. The Labute approximate surface area is 119 Å². The Hall–Kier alpha value is -0.420. The number of amides is 1. The third-order valence-electron chi connectivity index (χ3n) is 4.26. The normalized spacial score (nSPS) is 27.2. The van der Waals surface area contributed by atoms with Crippen molar-refractivity contribution in [2.75, 3.05) is 13.1 Å². The van der Waals surface area contributed by atoms with Gasteiger partial charge in [-0.1, -0.05) is 19.8 Å². The maximum Gasteiger partial charge on any atom is 0.262 e. The van der Waals surface area contributed by atoms with E-state index in [1.165, 1.54) is 6.42 Å². The van der Waals surface area contributed by atoms with Crippen LogP contribution in [0.4, 0.5) is 8.78 Å². The summed E-state index contributed by atoms with van der Waals surface area (Å²) in [4.78, 5) is 11.8. The third kappa shape index (κ3) is 4.02. The van der Waals surface area contributed by atoms with Crippen LogP contribution in [0.3, 0.4) is 0 Å². The molecule has 2 N–H and O–H groups in total. The quantitative estimate of drug-likeness (QED) is 0.818. The lowest BCUT2D eigenvalue weighted by atomic mass is 9.66. The van der Waals surface area contributed by atoms with Gasteiger partial charge in [0, 0.05) is 13.0 Å². The van der Waals surface area contributed by atoms with Gasteiger partial charge in [-0.05, 0) is 24.7 Å². The molecular formula is C13H23ClF2N2O. The van der Waals surface area contributed by atoms with Crippen molar-refractivity contribution in [3.8, 4) is 0 Å². The molecule has 1 heterocycles. The van der Waals surface area contributed by atoms with Crippen LogP contribution in [0.2, 0.25) is 0 Å². The molecule has 1 saturated carbocycles. The van der Waals surface area contributed by atoms with E-state index in [9.17, 15) is 13.6 Å². The zero-order valence-corrected chi connectivity index (χ0v) is 12.1. The molecule has 0 aromatic heterocycles. The molecule has 2 fully saturated rings. The first kappa shape index (κ1) is 16.6. The van der Waals surface area contributed by atoms with E-state index in [2.05, 4.69) is 17.6 Å². The van der Waals surface area contributed by atoms with Crippen molar-refractivity contribution in [3.63, 3.8) is 0 Å². The zero-order valence-electron chi connectivity index (χ0n) is 11.3. The van der Waals surface area contributed by atoms with Crippen molar-refractivity contribution in [1.29, 1.82) is 0 Å². The van der Waals surface area contributed by atoms with Crippen LogP contribution >= 0.6 is 12.4 Å². The van der Waals surface area contributed by atoms with Gasteiger partial charge in [-0.25, -0.2) is 8.78 Å². The maximum absolute atomic E-state index is 13.0. The lowest BCUT2D eigenvalue weighted by molar-refractivity contribution is -0.124. The van der Waals surface area contributed by atoms with E-state index in [0.29, 0.717) is 6.54 Å². The Kier molecular flexibility index (Phi) is 5.56. The van der Waals surface area contributed by atoms with Crippen LogP contribution in [0.1, 0.15) is 45.4 Å². The van der Waals surface area contributed by atoms with Gasteiger partial charge in [0.1, 0.15) is 0 Å². The number of halogens is 3. The Morgan fingerprint density at radius 3 is 2.53 bits per heavy atom. The SMILES string of the molecule is CCCC1(CNC(=O)C2CC(F)(F)CN2)CCC1.Cl. The third-order valence-corrected chi connectivity index (χ3v) is 4.26. The zero-order chi connectivity index (χ0) is 13.2. The highest BCUT2D eigenvalue weighted by Crippen LogP contribution is 2.44. The largest absolute Gasteiger partial charge is 0.354 e. The van der Waals surface area contributed by atoms with Gasteiger partial charge in [0.25, 0.3) is 5.92 Å². The Morgan fingerprint density at radius 1 is 1.42 bits per heavy atom. The smallest absolute Gasteiger partial charge is 0.262 e. The standard InChI is InChI=1S/C13H22F2N2O.ClH/c1-2-4-12(5-3-6-12)8-17-11(18)10-7-13(14,15)9-16-10;/h10,16H,2-9H2,1H3,(H,17,18);1H. The summed E-state index contributed by atoms with van der Waals surface area (Å²) >= 11 is 0. The number of carbonyl (C=O) groups excluding carboxylic acids is 1. The minimum absolute atomic E-state index is 0. The second-order valence-corrected chi connectivity index (χ2v) is 5.81. The number of hydrogen-bond acceptors (Lipinski definition) is 2. The molecule has 1 atom stereocenters. The average molecular weight is 297 g/mol. The predicted molar refractivity (Wildman–Crippen MR) is 72.8 cm³/mol. The molecule has 1 amide bonds. The summed E-state index contributed by atoms with van der Waals surface area (Å²) in [7, 11) is 0. The molecule has 3 nitrogen and oxygen atoms in total. The Morgan fingerprint density at radius 2 is 2.11 bits per heavy atom. The first-order valence-electron chi connectivity index (χ1n) is 6.85. The van der Waals surface area contributed by atoms with Gasteiger partial charge in [0.2, 0.25) is 5.91 Å². The second-order valence-electron chi connectivity index (χ2n) is 5.81. The van der Waals surface area contributed by atoms with Crippen molar-refractivity contribution >= 4 is 18.3 Å². The number of carbonyl (C=O) groups is 1. The van der Waals surface area contributed by atoms with Crippen LogP contribution in [-0.4, -0.2) is 31.0 Å². The summed E-state index contributed by atoms with van der Waals surface area (Å²) < 4.78 is 26.0. The van der Waals surface area contributed by atoms with Gasteiger partial charge in [-0.2, -0.15) is 0 Å². The number of nitrogens with one attached hydrogen (secondary N) is 2. The number of hydrogen-bond donors (Lipinski definition) is 2. The summed E-state index contributed by atoms with van der Waals surface area (Å²) in [6.07, 6.45) is 5.36. The summed E-state index contributed by atoms with van der Waals surface area (Å²) in [5, 5.41) is 5.44. The van der Waals surface area contributed by atoms with Crippen LogP contribution in [0.25, 0.3) is 0 Å². The first-order valence-corrected chi connectivity index (χ1v) is 6.85. The topological polar surface area (TPSA) is 41.1 Å². The molecule has 0 aromatic carbocycles. The van der Waals surface area contributed by atoms with Crippen molar-refractivity contribution in [1.82, 2.24) is 10.6 Å². The van der Waals surface area contributed by atoms with Crippen LogP contribution in [-0.2, 0) is 4.79 Å². The summed E-state index contributed by atoms with van der Waals surface area (Å²) in [6, 6.07) is -0.723. The van der Waals surface area contributed by atoms with Crippen LogP contribution < -0.4 is 10.6 Å². The van der Waals surface area contributed by atoms with E-state index >= 15 is 0 Å². The minimum Gasteiger partial charge on any atom is -0.354 e. The molecule has 1 aliphatic heterocycles. The monoisotopic (exact) mass is 296 g/mol. The van der Waals surface area contributed by atoms with Crippen molar-refractivity contribution < 1.29 is 13.6 Å². The summed E-state index contributed by atoms with van der Waals surface area (Å²) in [5.41, 5.74) is 0.242. The number of alkyl halides is 2. The minimum atomic E-state index is -2.74. The Balaban J connectivity index is 0.00000180. The van der Waals surface area contributed by atoms with E-state index in [1.807, 2.05) is 0 Å². The Bertz CT molecular complexity index is 322. The highest BCUT2D eigenvalue weighted by Gasteiger charge is 2.43. The molecule has 19 heavy (non-hydrogen) atoms. The van der Waals surface area contributed by atoms with Crippen LogP contribution in [0, 0.1) is 5.41 Å². The highest BCUT2D eigenvalue weighted by molar-refractivity contribution is 5.85. The van der Waals surface area contributed by atoms with Crippen LogP contribution in [0.15, 0.2) is 0 Å².